The number of nitrogens with one attached hydrogen (secondary N) is 2. The zero-order valence-electron chi connectivity index (χ0n) is 19.3. The molecule has 35 heavy (non-hydrogen) atoms. The van der Waals surface area contributed by atoms with Gasteiger partial charge in [-0.3, -0.25) is 9.59 Å². The number of hydrogen-bond donors (Lipinski definition) is 2. The topological polar surface area (TPSA) is 58.2 Å². The van der Waals surface area contributed by atoms with Gasteiger partial charge >= 0.3 is 0 Å². The van der Waals surface area contributed by atoms with Gasteiger partial charge in [-0.05, 0) is 69.9 Å². The van der Waals surface area contributed by atoms with Crippen LogP contribution in [0.5, 0.6) is 0 Å². The predicted molar refractivity (Wildman–Crippen MR) is 143 cm³/mol. The minimum atomic E-state index is -0.393. The number of carbonyl (C=O) groups is 2. The van der Waals surface area contributed by atoms with Crippen molar-refractivity contribution in [3.05, 3.63) is 132 Å². The van der Waals surface area contributed by atoms with Crippen LogP contribution in [0.2, 0.25) is 0 Å². The quantitative estimate of drug-likeness (QED) is 0.228. The van der Waals surface area contributed by atoms with Gasteiger partial charge in [-0.15, -0.1) is 0 Å². The monoisotopic (exact) mass is 456 g/mol. The molecule has 2 amide bonds. The number of amides is 2. The Balaban J connectivity index is 1.65. The minimum absolute atomic E-state index is 0.170. The molecule has 0 spiro atoms. The molecular formula is C31H24N2O2. The Bertz CT molecular complexity index is 1530. The van der Waals surface area contributed by atoms with E-state index < -0.39 is 5.91 Å². The number of rotatable bonds is 5. The highest BCUT2D eigenvalue weighted by molar-refractivity contribution is 6.14. The first-order chi connectivity index (χ1) is 17.1. The first-order valence-electron chi connectivity index (χ1n) is 11.5. The maximum Gasteiger partial charge on any atom is 0.272 e. The Morgan fingerprint density at radius 3 is 1.91 bits per heavy atom. The molecule has 0 aliphatic heterocycles. The zero-order chi connectivity index (χ0) is 24.2. The van der Waals surface area contributed by atoms with Gasteiger partial charge in [0.2, 0.25) is 0 Å². The summed E-state index contributed by atoms with van der Waals surface area (Å²) in [5.74, 6) is -0.725. The molecule has 0 aromatic heterocycles. The summed E-state index contributed by atoms with van der Waals surface area (Å²) >= 11 is 0. The number of aryl methyl sites for hydroxylation is 1. The highest BCUT2D eigenvalue weighted by atomic mass is 16.2. The van der Waals surface area contributed by atoms with E-state index in [0.717, 1.165) is 32.7 Å². The van der Waals surface area contributed by atoms with Crippen LogP contribution in [0.25, 0.3) is 27.6 Å². The van der Waals surface area contributed by atoms with E-state index in [2.05, 4.69) is 28.8 Å². The maximum absolute atomic E-state index is 13.4. The van der Waals surface area contributed by atoms with Crippen LogP contribution in [-0.4, -0.2) is 11.8 Å². The smallest absolute Gasteiger partial charge is 0.272 e. The van der Waals surface area contributed by atoms with Crippen LogP contribution >= 0.6 is 0 Å². The van der Waals surface area contributed by atoms with E-state index in [1.54, 1.807) is 12.1 Å². The largest absolute Gasteiger partial charge is 0.321 e. The second-order valence-corrected chi connectivity index (χ2v) is 8.38. The summed E-state index contributed by atoms with van der Waals surface area (Å²) < 4.78 is 0. The maximum atomic E-state index is 13.4. The molecule has 170 valence electrons. The van der Waals surface area contributed by atoms with Crippen LogP contribution in [0.15, 0.2) is 115 Å². The van der Waals surface area contributed by atoms with E-state index in [4.69, 9.17) is 0 Å². The normalized spacial score (nSPS) is 11.4. The van der Waals surface area contributed by atoms with Crippen LogP contribution in [0.4, 0.5) is 5.69 Å². The summed E-state index contributed by atoms with van der Waals surface area (Å²) in [6.07, 6.45) is 1.78. The van der Waals surface area contributed by atoms with E-state index in [0.29, 0.717) is 11.3 Å². The van der Waals surface area contributed by atoms with Gasteiger partial charge < -0.3 is 10.6 Å². The van der Waals surface area contributed by atoms with Crippen LogP contribution in [-0.2, 0) is 4.79 Å². The zero-order valence-corrected chi connectivity index (χ0v) is 19.3. The van der Waals surface area contributed by atoms with Gasteiger partial charge in [0.25, 0.3) is 11.8 Å². The van der Waals surface area contributed by atoms with Crippen molar-refractivity contribution in [1.82, 2.24) is 5.32 Å². The summed E-state index contributed by atoms with van der Waals surface area (Å²) in [5.41, 5.74) is 3.05. The fourth-order valence-electron chi connectivity index (χ4n) is 4.24. The lowest BCUT2D eigenvalue weighted by molar-refractivity contribution is -0.113. The molecule has 5 rings (SSSR count). The Kier molecular flexibility index (Phi) is 6.10. The molecular weight excluding hydrogens is 432 g/mol. The van der Waals surface area contributed by atoms with Crippen LogP contribution in [0.3, 0.4) is 0 Å². The van der Waals surface area contributed by atoms with E-state index in [-0.39, 0.29) is 11.6 Å². The van der Waals surface area contributed by atoms with Gasteiger partial charge in [0.1, 0.15) is 5.70 Å². The molecule has 5 aromatic rings. The van der Waals surface area contributed by atoms with Gasteiger partial charge in [-0.1, -0.05) is 84.9 Å². The third kappa shape index (κ3) is 4.68. The number of benzene rings is 5. The Morgan fingerprint density at radius 1 is 0.686 bits per heavy atom. The van der Waals surface area contributed by atoms with Crippen LogP contribution in [0.1, 0.15) is 21.5 Å². The first-order valence-corrected chi connectivity index (χ1v) is 11.5. The Morgan fingerprint density at radius 2 is 1.26 bits per heavy atom. The molecule has 0 radical (unpaired) electrons. The summed E-state index contributed by atoms with van der Waals surface area (Å²) in [6.45, 7) is 1.88. The van der Waals surface area contributed by atoms with Crippen molar-refractivity contribution < 1.29 is 9.59 Å². The number of anilines is 1. The van der Waals surface area contributed by atoms with Gasteiger partial charge in [0.05, 0.1) is 0 Å². The molecule has 0 bridgehead atoms. The van der Waals surface area contributed by atoms with Gasteiger partial charge in [-0.25, -0.2) is 0 Å². The number of fused-ring (bicyclic) bond motifs is 2. The molecule has 2 N–H and O–H groups in total. The van der Waals surface area contributed by atoms with E-state index >= 15 is 0 Å². The van der Waals surface area contributed by atoms with Crippen molar-refractivity contribution in [3.63, 3.8) is 0 Å². The van der Waals surface area contributed by atoms with Crippen molar-refractivity contribution in [2.45, 2.75) is 6.92 Å². The number of carbonyl (C=O) groups excluding carboxylic acids is 2. The summed E-state index contributed by atoms with van der Waals surface area (Å²) in [5, 5.41) is 9.91. The fraction of sp³-hybridized carbons (Fsp3) is 0.0323. The molecule has 0 unspecified atom stereocenters. The van der Waals surface area contributed by atoms with Crippen molar-refractivity contribution in [2.24, 2.45) is 0 Å². The summed E-state index contributed by atoms with van der Waals surface area (Å²) in [4.78, 5) is 26.7. The second-order valence-electron chi connectivity index (χ2n) is 8.38. The molecule has 4 heteroatoms. The fourth-order valence-corrected chi connectivity index (χ4v) is 4.24. The highest BCUT2D eigenvalue weighted by Crippen LogP contribution is 2.30. The average Bonchev–Trinajstić information content (AvgIpc) is 2.88. The lowest BCUT2D eigenvalue weighted by Crippen LogP contribution is -2.31. The molecule has 0 atom stereocenters. The van der Waals surface area contributed by atoms with Crippen molar-refractivity contribution in [2.75, 3.05) is 5.32 Å². The second kappa shape index (κ2) is 9.65. The van der Waals surface area contributed by atoms with Crippen molar-refractivity contribution in [1.29, 1.82) is 0 Å². The molecule has 0 fully saturated rings. The highest BCUT2D eigenvalue weighted by Gasteiger charge is 2.17. The molecule has 0 aliphatic carbocycles. The lowest BCUT2D eigenvalue weighted by atomic mass is 9.96. The van der Waals surface area contributed by atoms with Crippen LogP contribution in [0, 0.1) is 6.92 Å². The van der Waals surface area contributed by atoms with E-state index in [1.165, 1.54) is 0 Å². The predicted octanol–water partition coefficient (Wildman–Crippen LogP) is 6.71. The lowest BCUT2D eigenvalue weighted by Gasteiger charge is -2.14. The Labute approximate surface area is 203 Å². The third-order valence-electron chi connectivity index (χ3n) is 6.02. The molecule has 0 heterocycles. The van der Waals surface area contributed by atoms with E-state index in [9.17, 15) is 9.59 Å². The minimum Gasteiger partial charge on any atom is -0.321 e. The standard InChI is InChI=1S/C31H24N2O2/c1-21-11-5-8-16-25(21)30(34)33-29(31(35)32-24-14-3-2-4-15-24)20-28-26-17-9-6-12-22(26)19-23-13-7-10-18-27(23)28/h2-20H,1H3,(H,32,35)(H,33,34). The molecule has 4 nitrogen and oxygen atoms in total. The first kappa shape index (κ1) is 22.1. The van der Waals surface area contributed by atoms with Crippen LogP contribution < -0.4 is 10.6 Å². The van der Waals surface area contributed by atoms with Gasteiger partial charge in [0, 0.05) is 11.3 Å². The Hall–Kier alpha value is -4.70. The molecule has 0 saturated heterocycles. The third-order valence-corrected chi connectivity index (χ3v) is 6.02. The van der Waals surface area contributed by atoms with E-state index in [1.807, 2.05) is 91.9 Å². The molecule has 0 saturated carbocycles. The molecule has 5 aromatic carbocycles. The summed E-state index contributed by atoms with van der Waals surface area (Å²) in [7, 11) is 0. The average molecular weight is 457 g/mol. The van der Waals surface area contributed by atoms with Gasteiger partial charge in [-0.2, -0.15) is 0 Å². The number of para-hydroxylation sites is 1. The number of hydrogen-bond acceptors (Lipinski definition) is 2. The van der Waals surface area contributed by atoms with Crippen molar-refractivity contribution in [3.8, 4) is 0 Å². The summed E-state index contributed by atoms with van der Waals surface area (Å²) in [6, 6.07) is 34.8. The molecule has 0 aliphatic rings. The SMILES string of the molecule is Cc1ccccc1C(=O)NC(=Cc1c2ccccc2cc2ccccc12)C(=O)Nc1ccccc1. The van der Waals surface area contributed by atoms with Gasteiger partial charge in [0.15, 0.2) is 0 Å². The van der Waals surface area contributed by atoms with Crippen molar-refractivity contribution >= 4 is 45.1 Å².